The van der Waals surface area contributed by atoms with Gasteiger partial charge in [-0.1, -0.05) is 12.8 Å². The van der Waals surface area contributed by atoms with Crippen LogP contribution in [0.5, 0.6) is 0 Å². The Bertz CT molecular complexity index is 379. The van der Waals surface area contributed by atoms with Crippen molar-refractivity contribution in [2.75, 3.05) is 26.2 Å². The van der Waals surface area contributed by atoms with Crippen molar-refractivity contribution in [3.8, 4) is 0 Å². The number of fused-ring (bicyclic) bond motifs is 1. The molecule has 1 aliphatic carbocycles. The fraction of sp³-hybridized carbons (Fsp3) is 0.938. The summed E-state index contributed by atoms with van der Waals surface area (Å²) in [4.78, 5) is 14.9. The van der Waals surface area contributed by atoms with E-state index in [1.165, 1.54) is 6.42 Å². The first-order valence-electron chi connectivity index (χ1n) is 8.26. The molecular weight excluding hydrogens is 252 g/mol. The summed E-state index contributed by atoms with van der Waals surface area (Å²) < 4.78 is 0. The molecule has 3 aliphatic rings. The van der Waals surface area contributed by atoms with Crippen LogP contribution in [-0.2, 0) is 4.79 Å². The van der Waals surface area contributed by atoms with Crippen LogP contribution in [0.1, 0.15) is 51.9 Å². The molecule has 2 N–H and O–H groups in total. The first-order chi connectivity index (χ1) is 9.54. The summed E-state index contributed by atoms with van der Waals surface area (Å²) >= 11 is 0. The maximum absolute atomic E-state index is 12.9. The molecule has 1 amide bonds. The minimum atomic E-state index is -0.485. The van der Waals surface area contributed by atoms with Crippen LogP contribution in [0.2, 0.25) is 0 Å². The molecule has 0 aromatic rings. The van der Waals surface area contributed by atoms with E-state index in [0.717, 1.165) is 64.7 Å². The molecule has 0 radical (unpaired) electrons. The predicted molar refractivity (Wildman–Crippen MR) is 78.3 cm³/mol. The molecule has 2 aliphatic heterocycles. The zero-order valence-electron chi connectivity index (χ0n) is 12.7. The van der Waals surface area contributed by atoms with E-state index in [1.807, 2.05) is 4.90 Å². The fourth-order valence-corrected chi connectivity index (χ4v) is 4.38. The van der Waals surface area contributed by atoms with E-state index < -0.39 is 5.60 Å². The van der Waals surface area contributed by atoms with Crippen molar-refractivity contribution in [2.24, 2.45) is 11.3 Å². The maximum atomic E-state index is 12.9. The van der Waals surface area contributed by atoms with E-state index in [2.05, 4.69) is 12.2 Å². The molecule has 4 nitrogen and oxygen atoms in total. The Kier molecular flexibility index (Phi) is 3.80. The van der Waals surface area contributed by atoms with E-state index in [4.69, 9.17) is 0 Å². The second-order valence-electron chi connectivity index (χ2n) is 7.39. The summed E-state index contributed by atoms with van der Waals surface area (Å²) in [6.07, 6.45) is 7.20. The largest absolute Gasteiger partial charge is 0.389 e. The minimum Gasteiger partial charge on any atom is -0.389 e. The summed E-state index contributed by atoms with van der Waals surface area (Å²) in [5, 5.41) is 14.1. The van der Waals surface area contributed by atoms with Gasteiger partial charge < -0.3 is 15.3 Å². The third-order valence-corrected chi connectivity index (χ3v) is 5.83. The monoisotopic (exact) mass is 280 g/mol. The number of piperidine rings is 2. The van der Waals surface area contributed by atoms with Crippen molar-refractivity contribution in [1.82, 2.24) is 10.2 Å². The third kappa shape index (κ3) is 2.48. The minimum absolute atomic E-state index is 0.234. The number of hydrogen-bond donors (Lipinski definition) is 2. The van der Waals surface area contributed by atoms with Gasteiger partial charge in [0, 0.05) is 25.6 Å². The smallest absolute Gasteiger partial charge is 0.229 e. The maximum Gasteiger partial charge on any atom is 0.229 e. The summed E-state index contributed by atoms with van der Waals surface area (Å²) in [6.45, 7) is 5.44. The number of carbonyl (C=O) groups is 1. The lowest BCUT2D eigenvalue weighted by Gasteiger charge is -2.49. The Labute approximate surface area is 121 Å². The topological polar surface area (TPSA) is 52.6 Å². The molecule has 0 aromatic heterocycles. The standard InChI is InChI=1S/C16H28N2O2/c1-15(6-4-9-17-12-15)14(19)18-10-8-16(20)7-3-2-5-13(16)11-18/h13,17,20H,2-12H2,1H3. The van der Waals surface area contributed by atoms with Crippen molar-refractivity contribution in [3.05, 3.63) is 0 Å². The average molecular weight is 280 g/mol. The predicted octanol–water partition coefficient (Wildman–Crippen LogP) is 1.53. The fourth-order valence-electron chi connectivity index (χ4n) is 4.38. The van der Waals surface area contributed by atoms with Gasteiger partial charge in [0.25, 0.3) is 0 Å². The van der Waals surface area contributed by atoms with Crippen molar-refractivity contribution < 1.29 is 9.90 Å². The summed E-state index contributed by atoms with van der Waals surface area (Å²) in [7, 11) is 0. The average Bonchev–Trinajstić information content (AvgIpc) is 2.46. The molecule has 20 heavy (non-hydrogen) atoms. The molecule has 0 spiro atoms. The molecule has 3 rings (SSSR count). The highest BCUT2D eigenvalue weighted by Crippen LogP contribution is 2.41. The Morgan fingerprint density at radius 2 is 2.10 bits per heavy atom. The lowest BCUT2D eigenvalue weighted by molar-refractivity contribution is -0.153. The molecule has 1 saturated carbocycles. The van der Waals surface area contributed by atoms with E-state index in [0.29, 0.717) is 11.8 Å². The van der Waals surface area contributed by atoms with Crippen LogP contribution in [0, 0.1) is 11.3 Å². The molecule has 0 aromatic carbocycles. The molecule has 3 atom stereocenters. The second kappa shape index (κ2) is 5.30. The van der Waals surface area contributed by atoms with Crippen LogP contribution in [0.3, 0.4) is 0 Å². The Morgan fingerprint density at radius 3 is 2.85 bits per heavy atom. The Balaban J connectivity index is 1.68. The van der Waals surface area contributed by atoms with Gasteiger partial charge in [0.05, 0.1) is 11.0 Å². The molecule has 3 fully saturated rings. The normalized spacial score (nSPS) is 42.1. The number of rotatable bonds is 1. The highest BCUT2D eigenvalue weighted by atomic mass is 16.3. The lowest BCUT2D eigenvalue weighted by atomic mass is 9.70. The van der Waals surface area contributed by atoms with Gasteiger partial charge in [0.1, 0.15) is 0 Å². The molecule has 4 heteroatoms. The van der Waals surface area contributed by atoms with Gasteiger partial charge >= 0.3 is 0 Å². The molecule has 0 bridgehead atoms. The van der Waals surface area contributed by atoms with E-state index in [1.54, 1.807) is 0 Å². The SMILES string of the molecule is CC1(C(=O)N2CCC3(O)CCCCC3C2)CCCNC1. The highest BCUT2D eigenvalue weighted by Gasteiger charge is 2.46. The van der Waals surface area contributed by atoms with Crippen LogP contribution in [0.4, 0.5) is 0 Å². The van der Waals surface area contributed by atoms with Gasteiger partial charge in [-0.2, -0.15) is 0 Å². The lowest BCUT2D eigenvalue weighted by Crippen LogP contribution is -2.58. The number of amides is 1. The van der Waals surface area contributed by atoms with Crippen molar-refractivity contribution >= 4 is 5.91 Å². The molecular formula is C16H28N2O2. The zero-order valence-corrected chi connectivity index (χ0v) is 12.7. The first kappa shape index (κ1) is 14.3. The number of likely N-dealkylation sites (tertiary alicyclic amines) is 1. The molecule has 2 heterocycles. The van der Waals surface area contributed by atoms with E-state index in [-0.39, 0.29) is 5.41 Å². The molecule has 114 valence electrons. The zero-order chi connectivity index (χ0) is 14.2. The molecule has 3 unspecified atom stereocenters. The van der Waals surface area contributed by atoms with Gasteiger partial charge in [-0.15, -0.1) is 0 Å². The van der Waals surface area contributed by atoms with E-state index >= 15 is 0 Å². The number of nitrogens with one attached hydrogen (secondary N) is 1. The summed E-state index contributed by atoms with van der Waals surface area (Å²) in [5.74, 6) is 0.603. The summed E-state index contributed by atoms with van der Waals surface area (Å²) in [5.41, 5.74) is -0.719. The summed E-state index contributed by atoms with van der Waals surface area (Å²) in [6, 6.07) is 0. The van der Waals surface area contributed by atoms with Gasteiger partial charge in [0.15, 0.2) is 0 Å². The number of nitrogens with zero attached hydrogens (tertiary/aromatic N) is 1. The number of hydrogen-bond acceptors (Lipinski definition) is 3. The number of carbonyl (C=O) groups excluding carboxylic acids is 1. The van der Waals surface area contributed by atoms with Gasteiger partial charge in [-0.05, 0) is 45.6 Å². The van der Waals surface area contributed by atoms with Gasteiger partial charge in [-0.3, -0.25) is 4.79 Å². The van der Waals surface area contributed by atoms with Crippen LogP contribution in [-0.4, -0.2) is 47.7 Å². The van der Waals surface area contributed by atoms with Crippen LogP contribution in [0.15, 0.2) is 0 Å². The van der Waals surface area contributed by atoms with Gasteiger partial charge in [-0.25, -0.2) is 0 Å². The van der Waals surface area contributed by atoms with Crippen molar-refractivity contribution in [3.63, 3.8) is 0 Å². The number of aliphatic hydroxyl groups is 1. The second-order valence-corrected chi connectivity index (χ2v) is 7.39. The van der Waals surface area contributed by atoms with Crippen molar-refractivity contribution in [2.45, 2.75) is 57.5 Å². The Hall–Kier alpha value is -0.610. The van der Waals surface area contributed by atoms with Crippen LogP contribution in [0.25, 0.3) is 0 Å². The first-order valence-corrected chi connectivity index (χ1v) is 8.26. The quantitative estimate of drug-likeness (QED) is 0.766. The highest BCUT2D eigenvalue weighted by molar-refractivity contribution is 5.83. The Morgan fingerprint density at radius 1 is 1.25 bits per heavy atom. The van der Waals surface area contributed by atoms with Crippen LogP contribution < -0.4 is 5.32 Å². The molecule has 2 saturated heterocycles. The van der Waals surface area contributed by atoms with Crippen LogP contribution >= 0.6 is 0 Å². The van der Waals surface area contributed by atoms with Crippen molar-refractivity contribution in [1.29, 1.82) is 0 Å². The van der Waals surface area contributed by atoms with Gasteiger partial charge in [0.2, 0.25) is 5.91 Å². The third-order valence-electron chi connectivity index (χ3n) is 5.83. The van der Waals surface area contributed by atoms with E-state index in [9.17, 15) is 9.90 Å².